The summed E-state index contributed by atoms with van der Waals surface area (Å²) in [7, 11) is 0. The number of carbonyl (C=O) groups is 1. The van der Waals surface area contributed by atoms with Crippen LogP contribution in [0.15, 0.2) is 60.1 Å². The van der Waals surface area contributed by atoms with Gasteiger partial charge in [-0.1, -0.05) is 35.3 Å². The van der Waals surface area contributed by atoms with Gasteiger partial charge in [-0.05, 0) is 36.4 Å². The van der Waals surface area contributed by atoms with Gasteiger partial charge in [0.1, 0.15) is 12.4 Å². The van der Waals surface area contributed by atoms with E-state index in [9.17, 15) is 9.18 Å². The van der Waals surface area contributed by atoms with Crippen molar-refractivity contribution in [2.75, 3.05) is 26.4 Å². The van der Waals surface area contributed by atoms with Crippen molar-refractivity contribution >= 4 is 35.0 Å². The third-order valence-corrected chi connectivity index (χ3v) is 5.67. The molecule has 6 nitrogen and oxygen atoms in total. The van der Waals surface area contributed by atoms with Gasteiger partial charge in [0, 0.05) is 47.2 Å². The third kappa shape index (κ3) is 5.66. The Morgan fingerprint density at radius 2 is 2.06 bits per heavy atom. The molecule has 0 aromatic heterocycles. The molecule has 0 saturated heterocycles. The minimum Gasteiger partial charge on any atom is -0.494 e. The van der Waals surface area contributed by atoms with Gasteiger partial charge in [0.05, 0.1) is 6.61 Å². The van der Waals surface area contributed by atoms with Gasteiger partial charge in [0.2, 0.25) is 5.90 Å². The summed E-state index contributed by atoms with van der Waals surface area (Å²) in [6, 6.07) is 11.9. The summed E-state index contributed by atoms with van der Waals surface area (Å²) in [5, 5.41) is 12.2. The minimum atomic E-state index is -1.43. The quantitative estimate of drug-likeness (QED) is 0.351. The highest BCUT2D eigenvalue weighted by molar-refractivity contribution is 6.35. The second-order valence-corrected chi connectivity index (χ2v) is 8.24. The van der Waals surface area contributed by atoms with Gasteiger partial charge in [0.15, 0.2) is 11.6 Å². The highest BCUT2D eigenvalue weighted by Gasteiger charge is 2.53. The van der Waals surface area contributed by atoms with E-state index >= 15 is 0 Å². The van der Waals surface area contributed by atoms with Crippen LogP contribution in [0.2, 0.25) is 10.0 Å². The van der Waals surface area contributed by atoms with Gasteiger partial charge in [-0.2, -0.15) is 0 Å². The van der Waals surface area contributed by atoms with Crippen molar-refractivity contribution in [2.24, 2.45) is 4.99 Å². The first-order valence-electron chi connectivity index (χ1n) is 10.5. The lowest BCUT2D eigenvalue weighted by molar-refractivity contribution is -0.128. The van der Waals surface area contributed by atoms with Crippen LogP contribution < -0.4 is 10.1 Å². The summed E-state index contributed by atoms with van der Waals surface area (Å²) >= 11 is 12.5. The Labute approximate surface area is 202 Å². The minimum absolute atomic E-state index is 0.0488. The van der Waals surface area contributed by atoms with E-state index in [2.05, 4.69) is 16.9 Å². The fraction of sp³-hybridized carbons (Fsp3) is 0.333. The summed E-state index contributed by atoms with van der Waals surface area (Å²) in [5.41, 5.74) is -0.273. The molecule has 1 aliphatic rings. The van der Waals surface area contributed by atoms with Crippen molar-refractivity contribution < 1.29 is 23.8 Å². The molecule has 0 fully saturated rings. The molecule has 1 aliphatic heterocycles. The number of halogens is 3. The molecule has 2 atom stereocenters. The van der Waals surface area contributed by atoms with Gasteiger partial charge >= 0.3 is 0 Å². The van der Waals surface area contributed by atoms with E-state index in [0.717, 1.165) is 0 Å². The lowest BCUT2D eigenvalue weighted by Crippen LogP contribution is -2.48. The number of rotatable bonds is 11. The van der Waals surface area contributed by atoms with Gasteiger partial charge in [-0.15, -0.1) is 6.58 Å². The van der Waals surface area contributed by atoms with E-state index in [1.54, 1.807) is 48.5 Å². The van der Waals surface area contributed by atoms with Crippen LogP contribution in [-0.2, 0) is 9.53 Å². The Morgan fingerprint density at radius 3 is 2.70 bits per heavy atom. The summed E-state index contributed by atoms with van der Waals surface area (Å²) in [6.07, 6.45) is 1.36. The van der Waals surface area contributed by atoms with Crippen LogP contribution in [0, 0.1) is 0 Å². The second-order valence-electron chi connectivity index (χ2n) is 7.39. The average Bonchev–Trinajstić information content (AvgIpc) is 3.18. The number of aliphatic imine (C=N–C) groups is 1. The Kier molecular flexibility index (Phi) is 8.72. The lowest BCUT2D eigenvalue weighted by Gasteiger charge is -2.30. The highest BCUT2D eigenvalue weighted by atomic mass is 35.5. The smallest absolute Gasteiger partial charge is 0.252 e. The molecule has 9 heteroatoms. The number of nitrogens with zero attached hydrogens (tertiary/aromatic N) is 1. The zero-order valence-corrected chi connectivity index (χ0v) is 19.4. The standard InChI is InChI=1S/C24H25Cl2FN2O4/c1-2-10-24(23(31)28-12-11-27)21(19-9-6-17(25)15-20(19)26)33-22(29-24)16-4-7-18(8-5-16)32-14-3-13-30/h2,4-9,15,21,30H,1,3,10-14H2,(H,28,31)/t21-,24-/m1/s1. The van der Waals surface area contributed by atoms with Crippen LogP contribution in [0.4, 0.5) is 4.39 Å². The summed E-state index contributed by atoms with van der Waals surface area (Å²) in [6.45, 7) is 3.35. The lowest BCUT2D eigenvalue weighted by atomic mass is 9.84. The van der Waals surface area contributed by atoms with E-state index in [4.69, 9.17) is 37.8 Å². The molecule has 0 unspecified atom stereocenters. The van der Waals surface area contributed by atoms with Gasteiger partial charge in [-0.25, -0.2) is 9.38 Å². The number of carbonyl (C=O) groups excluding carboxylic acids is 1. The first-order valence-corrected chi connectivity index (χ1v) is 11.2. The van der Waals surface area contributed by atoms with E-state index in [1.807, 2.05) is 0 Å². The third-order valence-electron chi connectivity index (χ3n) is 5.11. The number of hydrogen-bond donors (Lipinski definition) is 2. The molecule has 33 heavy (non-hydrogen) atoms. The SMILES string of the molecule is C=CC[C@@]1(C(=O)NCCF)N=C(c2ccc(OCCCO)cc2)O[C@@H]1c1ccc(Cl)cc1Cl. The van der Waals surface area contributed by atoms with E-state index in [-0.39, 0.29) is 25.5 Å². The van der Waals surface area contributed by atoms with Crippen molar-refractivity contribution in [2.45, 2.75) is 24.5 Å². The summed E-state index contributed by atoms with van der Waals surface area (Å²) in [5.74, 6) is 0.376. The molecule has 1 amide bonds. The molecule has 0 aliphatic carbocycles. The molecule has 0 radical (unpaired) electrons. The molecular weight excluding hydrogens is 470 g/mol. The fourth-order valence-electron chi connectivity index (χ4n) is 3.54. The normalized spacial score (nSPS) is 19.5. The maximum absolute atomic E-state index is 13.2. The van der Waals surface area contributed by atoms with Crippen LogP contribution in [0.1, 0.15) is 30.1 Å². The molecule has 0 saturated carbocycles. The first kappa shape index (κ1) is 25.0. The van der Waals surface area contributed by atoms with Crippen LogP contribution in [0.25, 0.3) is 0 Å². The topological polar surface area (TPSA) is 80.2 Å². The second kappa shape index (κ2) is 11.5. The van der Waals surface area contributed by atoms with Crippen LogP contribution >= 0.6 is 23.2 Å². The fourth-order valence-corrected chi connectivity index (χ4v) is 4.05. The first-order chi connectivity index (χ1) is 15.9. The zero-order chi connectivity index (χ0) is 23.8. The summed E-state index contributed by atoms with van der Waals surface area (Å²) < 4.78 is 24.6. The zero-order valence-electron chi connectivity index (χ0n) is 17.9. The molecule has 1 heterocycles. The van der Waals surface area contributed by atoms with E-state index in [1.165, 1.54) is 0 Å². The molecule has 0 spiro atoms. The van der Waals surface area contributed by atoms with Crippen LogP contribution in [-0.4, -0.2) is 48.9 Å². The van der Waals surface area contributed by atoms with E-state index < -0.39 is 24.2 Å². The van der Waals surface area contributed by atoms with Crippen molar-refractivity contribution in [3.63, 3.8) is 0 Å². The van der Waals surface area contributed by atoms with Crippen molar-refractivity contribution in [3.05, 3.63) is 76.3 Å². The average molecular weight is 495 g/mol. The Hall–Kier alpha value is -2.61. The largest absolute Gasteiger partial charge is 0.494 e. The molecule has 0 bridgehead atoms. The highest BCUT2D eigenvalue weighted by Crippen LogP contribution is 2.45. The molecule has 2 aromatic carbocycles. The summed E-state index contributed by atoms with van der Waals surface area (Å²) in [4.78, 5) is 17.9. The molecule has 2 N–H and O–H groups in total. The number of nitrogens with one attached hydrogen (secondary N) is 1. The number of alkyl halides is 1. The van der Waals surface area contributed by atoms with Gasteiger partial charge < -0.3 is 19.9 Å². The van der Waals surface area contributed by atoms with Crippen LogP contribution in [0.5, 0.6) is 5.75 Å². The number of ether oxygens (including phenoxy) is 2. The van der Waals surface area contributed by atoms with Gasteiger partial charge in [-0.3, -0.25) is 4.79 Å². The molecule has 3 rings (SSSR count). The predicted octanol–water partition coefficient (Wildman–Crippen LogP) is 4.67. The van der Waals surface area contributed by atoms with Crippen molar-refractivity contribution in [3.8, 4) is 5.75 Å². The number of hydrogen-bond acceptors (Lipinski definition) is 5. The molecule has 2 aromatic rings. The Bertz CT molecular complexity index is 1020. The predicted molar refractivity (Wildman–Crippen MR) is 127 cm³/mol. The van der Waals surface area contributed by atoms with Crippen molar-refractivity contribution in [1.82, 2.24) is 5.32 Å². The number of aliphatic hydroxyl groups is 1. The molecular formula is C24H25Cl2FN2O4. The van der Waals surface area contributed by atoms with E-state index in [0.29, 0.717) is 39.9 Å². The maximum atomic E-state index is 13.2. The number of benzene rings is 2. The van der Waals surface area contributed by atoms with Crippen LogP contribution in [0.3, 0.4) is 0 Å². The Balaban J connectivity index is 2.00. The maximum Gasteiger partial charge on any atom is 0.252 e. The molecule has 176 valence electrons. The van der Waals surface area contributed by atoms with Crippen molar-refractivity contribution in [1.29, 1.82) is 0 Å². The number of amides is 1. The number of aliphatic hydroxyl groups excluding tert-OH is 1. The Morgan fingerprint density at radius 1 is 1.30 bits per heavy atom. The monoisotopic (exact) mass is 494 g/mol. The van der Waals surface area contributed by atoms with Gasteiger partial charge in [0.25, 0.3) is 5.91 Å².